The van der Waals surface area contributed by atoms with Crippen molar-refractivity contribution in [3.8, 4) is 0 Å². The molecule has 2 aromatic heterocycles. The smallest absolute Gasteiger partial charge is 0.263 e. The highest BCUT2D eigenvalue weighted by Crippen LogP contribution is 2.29. The summed E-state index contributed by atoms with van der Waals surface area (Å²) in [6.07, 6.45) is 1.95. The molecule has 2 aliphatic heterocycles. The molecule has 0 aromatic carbocycles. The van der Waals surface area contributed by atoms with Gasteiger partial charge in [-0.25, -0.2) is 0 Å². The third kappa shape index (κ3) is 3.20. The van der Waals surface area contributed by atoms with E-state index in [4.69, 9.17) is 0 Å². The molecule has 8 heteroatoms. The van der Waals surface area contributed by atoms with Gasteiger partial charge in [0.25, 0.3) is 5.91 Å². The van der Waals surface area contributed by atoms with Crippen molar-refractivity contribution in [2.45, 2.75) is 38.8 Å². The number of hydrogen-bond acceptors (Lipinski definition) is 5. The number of hydrogen-bond donors (Lipinski definition) is 1. The van der Waals surface area contributed by atoms with Crippen LogP contribution in [-0.2, 0) is 13.1 Å². The first-order chi connectivity index (χ1) is 11.2. The SMILES string of the molecule is Cc1ccc(C(=O)N2CCC(c3nnc4n3CCNC4)CC2)s1.Cl. The molecule has 0 bridgehead atoms. The summed E-state index contributed by atoms with van der Waals surface area (Å²) in [6, 6.07) is 3.96. The lowest BCUT2D eigenvalue weighted by atomic mass is 9.95. The van der Waals surface area contributed by atoms with Crippen molar-refractivity contribution in [3.63, 3.8) is 0 Å². The van der Waals surface area contributed by atoms with Crippen molar-refractivity contribution in [2.75, 3.05) is 19.6 Å². The Hall–Kier alpha value is -1.44. The Morgan fingerprint density at radius 2 is 2.04 bits per heavy atom. The van der Waals surface area contributed by atoms with E-state index in [9.17, 15) is 4.79 Å². The molecule has 0 unspecified atom stereocenters. The molecule has 6 nitrogen and oxygen atoms in total. The maximum atomic E-state index is 12.5. The monoisotopic (exact) mass is 367 g/mol. The Bertz CT molecular complexity index is 720. The number of piperidine rings is 1. The highest BCUT2D eigenvalue weighted by Gasteiger charge is 2.29. The van der Waals surface area contributed by atoms with Crippen LogP contribution in [-0.4, -0.2) is 45.2 Å². The summed E-state index contributed by atoms with van der Waals surface area (Å²) in [5, 5.41) is 12.1. The molecule has 0 aliphatic carbocycles. The summed E-state index contributed by atoms with van der Waals surface area (Å²) < 4.78 is 2.27. The number of carbonyl (C=O) groups excluding carboxylic acids is 1. The van der Waals surface area contributed by atoms with E-state index in [0.29, 0.717) is 5.92 Å². The molecule has 24 heavy (non-hydrogen) atoms. The number of aryl methyl sites for hydroxylation is 1. The molecular formula is C16H22ClN5OS. The first-order valence-electron chi connectivity index (χ1n) is 8.21. The van der Waals surface area contributed by atoms with Crippen LogP contribution in [0, 0.1) is 6.92 Å². The van der Waals surface area contributed by atoms with E-state index in [1.807, 2.05) is 24.0 Å². The summed E-state index contributed by atoms with van der Waals surface area (Å²) in [5.41, 5.74) is 0. The molecule has 1 saturated heterocycles. The van der Waals surface area contributed by atoms with Crippen molar-refractivity contribution < 1.29 is 4.79 Å². The van der Waals surface area contributed by atoms with Gasteiger partial charge < -0.3 is 14.8 Å². The standard InChI is InChI=1S/C16H21N5OS.ClH/c1-11-2-3-13(23-11)16(22)20-7-4-12(5-8-20)15-19-18-14-10-17-6-9-21(14)15;/h2-3,12,17H,4-10H2,1H3;1H. The Labute approximate surface area is 151 Å². The van der Waals surface area contributed by atoms with E-state index >= 15 is 0 Å². The van der Waals surface area contributed by atoms with Gasteiger partial charge in [0.2, 0.25) is 0 Å². The van der Waals surface area contributed by atoms with Gasteiger partial charge in [0.15, 0.2) is 0 Å². The maximum absolute atomic E-state index is 12.5. The average molecular weight is 368 g/mol. The predicted octanol–water partition coefficient (Wildman–Crippen LogP) is 2.19. The number of rotatable bonds is 2. The first-order valence-corrected chi connectivity index (χ1v) is 9.02. The lowest BCUT2D eigenvalue weighted by molar-refractivity contribution is 0.0715. The zero-order valence-electron chi connectivity index (χ0n) is 13.7. The lowest BCUT2D eigenvalue weighted by Gasteiger charge is -2.31. The molecule has 0 radical (unpaired) electrons. The van der Waals surface area contributed by atoms with Gasteiger partial charge >= 0.3 is 0 Å². The number of nitrogens with zero attached hydrogens (tertiary/aromatic N) is 4. The molecule has 4 heterocycles. The van der Waals surface area contributed by atoms with Crippen LogP contribution in [0.4, 0.5) is 0 Å². The number of likely N-dealkylation sites (tertiary alicyclic amines) is 1. The quantitative estimate of drug-likeness (QED) is 0.883. The molecular weight excluding hydrogens is 346 g/mol. The molecule has 1 N–H and O–H groups in total. The second-order valence-corrected chi connectivity index (χ2v) is 7.57. The van der Waals surface area contributed by atoms with E-state index in [1.165, 1.54) is 4.88 Å². The Morgan fingerprint density at radius 3 is 2.75 bits per heavy atom. The molecule has 1 amide bonds. The normalized spacial score (nSPS) is 18.1. The topological polar surface area (TPSA) is 63.1 Å². The van der Waals surface area contributed by atoms with Gasteiger partial charge in [-0.15, -0.1) is 33.9 Å². The predicted molar refractivity (Wildman–Crippen MR) is 95.9 cm³/mol. The van der Waals surface area contributed by atoms with Gasteiger partial charge in [-0.05, 0) is 31.9 Å². The highest BCUT2D eigenvalue weighted by molar-refractivity contribution is 7.13. The minimum atomic E-state index is 0. The number of thiophene rings is 1. The Morgan fingerprint density at radius 1 is 1.25 bits per heavy atom. The van der Waals surface area contributed by atoms with Crippen LogP contribution >= 0.6 is 23.7 Å². The molecule has 0 atom stereocenters. The number of amides is 1. The number of halogens is 1. The summed E-state index contributed by atoms with van der Waals surface area (Å²) in [7, 11) is 0. The fraction of sp³-hybridized carbons (Fsp3) is 0.562. The van der Waals surface area contributed by atoms with E-state index < -0.39 is 0 Å². The third-order valence-electron chi connectivity index (χ3n) is 4.75. The fourth-order valence-corrected chi connectivity index (χ4v) is 4.30. The van der Waals surface area contributed by atoms with Gasteiger partial charge in [-0.3, -0.25) is 4.79 Å². The molecule has 1 fully saturated rings. The van der Waals surface area contributed by atoms with Crippen molar-refractivity contribution in [2.24, 2.45) is 0 Å². The lowest BCUT2D eigenvalue weighted by Crippen LogP contribution is -2.38. The zero-order valence-corrected chi connectivity index (χ0v) is 15.3. The van der Waals surface area contributed by atoms with Crippen LogP contribution in [0.15, 0.2) is 12.1 Å². The second-order valence-electron chi connectivity index (χ2n) is 6.28. The van der Waals surface area contributed by atoms with E-state index in [0.717, 1.165) is 62.1 Å². The van der Waals surface area contributed by atoms with Gasteiger partial charge in [0.1, 0.15) is 11.6 Å². The minimum Gasteiger partial charge on any atom is -0.338 e. The van der Waals surface area contributed by atoms with Gasteiger partial charge in [-0.1, -0.05) is 0 Å². The first kappa shape index (κ1) is 17.4. The molecule has 2 aromatic rings. The van der Waals surface area contributed by atoms with E-state index in [1.54, 1.807) is 11.3 Å². The van der Waals surface area contributed by atoms with Crippen LogP contribution in [0.1, 0.15) is 45.0 Å². The van der Waals surface area contributed by atoms with Crippen LogP contribution in [0.2, 0.25) is 0 Å². The van der Waals surface area contributed by atoms with Crippen molar-refractivity contribution in [1.82, 2.24) is 25.0 Å². The largest absolute Gasteiger partial charge is 0.338 e. The summed E-state index contributed by atoms with van der Waals surface area (Å²) in [5.74, 6) is 2.75. The van der Waals surface area contributed by atoms with Crippen molar-refractivity contribution >= 4 is 29.7 Å². The average Bonchev–Trinajstić information content (AvgIpc) is 3.21. The molecule has 130 valence electrons. The number of aromatic nitrogens is 3. The Kier molecular flexibility index (Phi) is 5.22. The molecule has 4 rings (SSSR count). The number of fused-ring (bicyclic) bond motifs is 1. The summed E-state index contributed by atoms with van der Waals surface area (Å²) in [4.78, 5) is 16.6. The van der Waals surface area contributed by atoms with Crippen LogP contribution in [0.5, 0.6) is 0 Å². The van der Waals surface area contributed by atoms with Crippen LogP contribution < -0.4 is 5.32 Å². The zero-order chi connectivity index (χ0) is 15.8. The second kappa shape index (κ2) is 7.21. The van der Waals surface area contributed by atoms with Crippen LogP contribution in [0.25, 0.3) is 0 Å². The molecule has 2 aliphatic rings. The third-order valence-corrected chi connectivity index (χ3v) is 5.74. The Balaban J connectivity index is 0.00000169. The highest BCUT2D eigenvalue weighted by atomic mass is 35.5. The molecule has 0 spiro atoms. The number of nitrogens with one attached hydrogen (secondary N) is 1. The number of carbonyl (C=O) groups is 1. The maximum Gasteiger partial charge on any atom is 0.263 e. The van der Waals surface area contributed by atoms with Crippen molar-refractivity contribution in [3.05, 3.63) is 33.5 Å². The summed E-state index contributed by atoms with van der Waals surface area (Å²) in [6.45, 7) is 6.39. The fourth-order valence-electron chi connectivity index (χ4n) is 3.46. The van der Waals surface area contributed by atoms with Gasteiger partial charge in [0.05, 0.1) is 11.4 Å². The van der Waals surface area contributed by atoms with Gasteiger partial charge in [-0.2, -0.15) is 0 Å². The van der Waals surface area contributed by atoms with E-state index in [2.05, 4.69) is 20.1 Å². The summed E-state index contributed by atoms with van der Waals surface area (Å²) >= 11 is 1.58. The molecule has 0 saturated carbocycles. The minimum absolute atomic E-state index is 0. The van der Waals surface area contributed by atoms with Crippen molar-refractivity contribution in [1.29, 1.82) is 0 Å². The van der Waals surface area contributed by atoms with Gasteiger partial charge in [0, 0.05) is 37.0 Å². The van der Waals surface area contributed by atoms with E-state index in [-0.39, 0.29) is 18.3 Å². The van der Waals surface area contributed by atoms with Crippen LogP contribution in [0.3, 0.4) is 0 Å².